The molecule has 1 N–H and O–H groups in total. The minimum absolute atomic E-state index is 0.255. The molecule has 2 aromatic carbocycles. The van der Waals surface area contributed by atoms with Gasteiger partial charge in [0.15, 0.2) is 0 Å². The van der Waals surface area contributed by atoms with Crippen LogP contribution in [0.4, 0.5) is 5.69 Å². The third-order valence-electron chi connectivity index (χ3n) is 5.26. The molecule has 0 radical (unpaired) electrons. The van der Waals surface area contributed by atoms with Crippen LogP contribution < -0.4 is 5.32 Å². The van der Waals surface area contributed by atoms with Crippen molar-refractivity contribution in [2.24, 2.45) is 0 Å². The van der Waals surface area contributed by atoms with Gasteiger partial charge in [-0.2, -0.15) is 0 Å². The molecule has 5 heteroatoms. The molecule has 2 amide bonds. The highest BCUT2D eigenvalue weighted by Gasteiger charge is 2.39. The second-order valence-corrected chi connectivity index (χ2v) is 8.23. The molecule has 4 rings (SSSR count). The fraction of sp³-hybridized carbons (Fsp3) is 0.167. The topological polar surface area (TPSA) is 49.4 Å². The molecule has 0 saturated heterocycles. The number of imide groups is 1. The molecular weight excluding hydrogens is 380 g/mol. The van der Waals surface area contributed by atoms with Gasteiger partial charge in [-0.15, -0.1) is 11.3 Å². The van der Waals surface area contributed by atoms with Gasteiger partial charge in [-0.05, 0) is 55.0 Å². The summed E-state index contributed by atoms with van der Waals surface area (Å²) in [6.45, 7) is 6.30. The quantitative estimate of drug-likeness (QED) is 0.607. The van der Waals surface area contributed by atoms with Crippen molar-refractivity contribution >= 4 is 34.4 Å². The molecule has 4 nitrogen and oxygen atoms in total. The third-order valence-corrected chi connectivity index (χ3v) is 6.15. The summed E-state index contributed by atoms with van der Waals surface area (Å²) in [7, 11) is 0. The summed E-state index contributed by atoms with van der Waals surface area (Å²) in [5, 5.41) is 5.18. The van der Waals surface area contributed by atoms with E-state index in [2.05, 4.69) is 5.32 Å². The molecule has 0 spiro atoms. The zero-order valence-electron chi connectivity index (χ0n) is 16.7. The standard InChI is InChI=1S/C24H22N2O2S/c1-15-9-11-18(12-10-15)14-26-23(27)21(20-8-5-13-29-20)22(24(26)28)25-19-7-4-6-16(2)17(19)3/h4-13,25H,14H2,1-3H3. The van der Waals surface area contributed by atoms with Crippen molar-refractivity contribution in [2.75, 3.05) is 5.32 Å². The molecule has 1 aromatic heterocycles. The molecular formula is C24H22N2O2S. The SMILES string of the molecule is Cc1ccc(CN2C(=O)C(Nc3cccc(C)c3C)=C(c3cccs3)C2=O)cc1. The highest BCUT2D eigenvalue weighted by Crippen LogP contribution is 2.34. The summed E-state index contributed by atoms with van der Waals surface area (Å²) in [5.74, 6) is -0.550. The predicted molar refractivity (Wildman–Crippen MR) is 118 cm³/mol. The van der Waals surface area contributed by atoms with E-state index in [9.17, 15) is 9.59 Å². The zero-order chi connectivity index (χ0) is 20.5. The van der Waals surface area contributed by atoms with E-state index in [0.717, 1.165) is 32.8 Å². The van der Waals surface area contributed by atoms with Gasteiger partial charge >= 0.3 is 0 Å². The van der Waals surface area contributed by atoms with Crippen LogP contribution in [-0.4, -0.2) is 16.7 Å². The number of carbonyl (C=O) groups is 2. The first-order valence-corrected chi connectivity index (χ1v) is 10.4. The first-order chi connectivity index (χ1) is 14.0. The highest BCUT2D eigenvalue weighted by molar-refractivity contribution is 7.11. The molecule has 146 valence electrons. The summed E-state index contributed by atoms with van der Waals surface area (Å²) in [6.07, 6.45) is 0. The number of hydrogen-bond acceptors (Lipinski definition) is 4. The average Bonchev–Trinajstić information content (AvgIpc) is 3.30. The van der Waals surface area contributed by atoms with Crippen molar-refractivity contribution in [1.82, 2.24) is 4.90 Å². The maximum absolute atomic E-state index is 13.3. The van der Waals surface area contributed by atoms with Crippen LogP contribution in [-0.2, 0) is 16.1 Å². The lowest BCUT2D eigenvalue weighted by atomic mass is 10.1. The Kier molecular flexibility index (Phi) is 5.07. The minimum Gasteiger partial charge on any atom is -0.350 e. The number of benzene rings is 2. The van der Waals surface area contributed by atoms with Crippen molar-refractivity contribution in [2.45, 2.75) is 27.3 Å². The highest BCUT2D eigenvalue weighted by atomic mass is 32.1. The molecule has 0 atom stereocenters. The molecule has 0 bridgehead atoms. The Morgan fingerprint density at radius 1 is 0.897 bits per heavy atom. The van der Waals surface area contributed by atoms with Crippen molar-refractivity contribution < 1.29 is 9.59 Å². The summed E-state index contributed by atoms with van der Waals surface area (Å²) >= 11 is 1.46. The van der Waals surface area contributed by atoms with Crippen molar-refractivity contribution in [3.8, 4) is 0 Å². The Morgan fingerprint density at radius 3 is 2.34 bits per heavy atom. The number of aryl methyl sites for hydroxylation is 2. The fourth-order valence-corrected chi connectivity index (χ4v) is 4.15. The number of rotatable bonds is 5. The van der Waals surface area contributed by atoms with Gasteiger partial charge in [0, 0.05) is 10.6 Å². The van der Waals surface area contributed by atoms with Gasteiger partial charge < -0.3 is 5.32 Å². The molecule has 29 heavy (non-hydrogen) atoms. The summed E-state index contributed by atoms with van der Waals surface area (Å²) in [4.78, 5) is 28.7. The van der Waals surface area contributed by atoms with E-state index in [4.69, 9.17) is 0 Å². The molecule has 0 fully saturated rings. The number of nitrogens with one attached hydrogen (secondary N) is 1. The Bertz CT molecular complexity index is 1110. The Balaban J connectivity index is 1.72. The molecule has 2 heterocycles. The van der Waals surface area contributed by atoms with Crippen LogP contribution in [0.1, 0.15) is 27.1 Å². The van der Waals surface area contributed by atoms with E-state index < -0.39 is 0 Å². The monoisotopic (exact) mass is 402 g/mol. The summed E-state index contributed by atoms with van der Waals surface area (Å²) in [6, 6.07) is 17.6. The Labute approximate surface area is 174 Å². The Hall–Kier alpha value is -3.18. The molecule has 0 saturated carbocycles. The van der Waals surface area contributed by atoms with E-state index in [1.807, 2.05) is 80.7 Å². The van der Waals surface area contributed by atoms with Gasteiger partial charge in [0.05, 0.1) is 12.1 Å². The lowest BCUT2D eigenvalue weighted by molar-refractivity contribution is -0.137. The second-order valence-electron chi connectivity index (χ2n) is 7.28. The molecule has 1 aliphatic heterocycles. The fourth-order valence-electron chi connectivity index (χ4n) is 3.38. The molecule has 0 unspecified atom stereocenters. The van der Waals surface area contributed by atoms with E-state index in [-0.39, 0.29) is 18.4 Å². The maximum Gasteiger partial charge on any atom is 0.278 e. The van der Waals surface area contributed by atoms with E-state index in [0.29, 0.717) is 11.3 Å². The third kappa shape index (κ3) is 3.61. The van der Waals surface area contributed by atoms with Crippen LogP contribution in [0.5, 0.6) is 0 Å². The van der Waals surface area contributed by atoms with Crippen LogP contribution in [0.15, 0.2) is 65.7 Å². The van der Waals surface area contributed by atoms with E-state index in [1.54, 1.807) is 0 Å². The Morgan fingerprint density at radius 2 is 1.66 bits per heavy atom. The summed E-state index contributed by atoms with van der Waals surface area (Å²) in [5.41, 5.74) is 5.88. The zero-order valence-corrected chi connectivity index (χ0v) is 17.5. The van der Waals surface area contributed by atoms with Crippen LogP contribution in [0.25, 0.3) is 5.57 Å². The lowest BCUT2D eigenvalue weighted by Gasteiger charge is -2.16. The smallest absolute Gasteiger partial charge is 0.278 e. The minimum atomic E-state index is -0.292. The van der Waals surface area contributed by atoms with Gasteiger partial charge in [0.25, 0.3) is 11.8 Å². The number of thiophene rings is 1. The van der Waals surface area contributed by atoms with Crippen molar-refractivity contribution in [3.63, 3.8) is 0 Å². The van der Waals surface area contributed by atoms with Gasteiger partial charge in [-0.1, -0.05) is 48.0 Å². The average molecular weight is 403 g/mol. The number of hydrogen-bond donors (Lipinski definition) is 1. The molecule has 0 aliphatic carbocycles. The number of amides is 2. The summed E-state index contributed by atoms with van der Waals surface area (Å²) < 4.78 is 0. The van der Waals surface area contributed by atoms with E-state index >= 15 is 0 Å². The lowest BCUT2D eigenvalue weighted by Crippen LogP contribution is -2.32. The number of nitrogens with zero attached hydrogens (tertiary/aromatic N) is 1. The number of anilines is 1. The predicted octanol–water partition coefficient (Wildman–Crippen LogP) is 5.07. The van der Waals surface area contributed by atoms with Crippen LogP contribution in [0.3, 0.4) is 0 Å². The van der Waals surface area contributed by atoms with Crippen LogP contribution in [0.2, 0.25) is 0 Å². The van der Waals surface area contributed by atoms with Gasteiger partial charge in [-0.25, -0.2) is 0 Å². The second kappa shape index (κ2) is 7.68. The molecule has 1 aliphatic rings. The van der Waals surface area contributed by atoms with Gasteiger partial charge in [-0.3, -0.25) is 14.5 Å². The maximum atomic E-state index is 13.3. The normalized spacial score (nSPS) is 14.1. The van der Waals surface area contributed by atoms with E-state index in [1.165, 1.54) is 16.2 Å². The number of carbonyl (C=O) groups excluding carboxylic acids is 2. The van der Waals surface area contributed by atoms with Crippen molar-refractivity contribution in [1.29, 1.82) is 0 Å². The van der Waals surface area contributed by atoms with Gasteiger partial charge in [0.2, 0.25) is 0 Å². The first kappa shape index (κ1) is 19.2. The van der Waals surface area contributed by atoms with Crippen molar-refractivity contribution in [3.05, 3.63) is 92.8 Å². The first-order valence-electron chi connectivity index (χ1n) is 9.49. The van der Waals surface area contributed by atoms with Crippen LogP contribution >= 0.6 is 11.3 Å². The van der Waals surface area contributed by atoms with Crippen LogP contribution in [0, 0.1) is 20.8 Å². The largest absolute Gasteiger partial charge is 0.350 e. The van der Waals surface area contributed by atoms with Gasteiger partial charge in [0.1, 0.15) is 5.70 Å². The molecule has 3 aromatic rings.